The predicted molar refractivity (Wildman–Crippen MR) is 73.3 cm³/mol. The Balaban J connectivity index is 2.53. The second-order valence-electron chi connectivity index (χ2n) is 4.86. The normalized spacial score (nSPS) is 11.3. The van der Waals surface area contributed by atoms with Crippen molar-refractivity contribution in [1.82, 2.24) is 30.0 Å². The number of aromatic nitrogens is 5. The predicted octanol–water partition coefficient (Wildman–Crippen LogP) is 1.52. The van der Waals surface area contributed by atoms with Gasteiger partial charge in [-0.2, -0.15) is 5.10 Å². The van der Waals surface area contributed by atoms with Gasteiger partial charge >= 0.3 is 0 Å². The standard InChI is InChI=1S/C13H20N6/c1-8(2)13-15-7-12(11(17-13)6-14-5)19-10(4)16-9(3)18-19/h7-8,14H,6H2,1-5H3. The van der Waals surface area contributed by atoms with Crippen LogP contribution in [0.25, 0.3) is 5.69 Å². The lowest BCUT2D eigenvalue weighted by molar-refractivity contribution is 0.701. The molecule has 2 heterocycles. The molecule has 0 saturated heterocycles. The Bertz CT molecular complexity index is 573. The van der Waals surface area contributed by atoms with Gasteiger partial charge in [0.1, 0.15) is 23.2 Å². The average molecular weight is 260 g/mol. The summed E-state index contributed by atoms with van der Waals surface area (Å²) in [5, 5.41) is 7.53. The van der Waals surface area contributed by atoms with Crippen LogP contribution in [0.2, 0.25) is 0 Å². The number of rotatable bonds is 4. The first-order valence-corrected chi connectivity index (χ1v) is 6.44. The van der Waals surface area contributed by atoms with Crippen molar-refractivity contribution in [2.24, 2.45) is 0 Å². The molecule has 0 aliphatic rings. The van der Waals surface area contributed by atoms with E-state index in [4.69, 9.17) is 0 Å². The van der Waals surface area contributed by atoms with Crippen LogP contribution in [0.3, 0.4) is 0 Å². The summed E-state index contributed by atoms with van der Waals surface area (Å²) < 4.78 is 1.80. The van der Waals surface area contributed by atoms with Gasteiger partial charge in [0, 0.05) is 12.5 Å². The molecule has 2 aromatic rings. The van der Waals surface area contributed by atoms with Gasteiger partial charge < -0.3 is 5.32 Å². The van der Waals surface area contributed by atoms with Crippen molar-refractivity contribution in [2.75, 3.05) is 7.05 Å². The fourth-order valence-corrected chi connectivity index (χ4v) is 1.93. The van der Waals surface area contributed by atoms with Crippen LogP contribution in [0.4, 0.5) is 0 Å². The molecular weight excluding hydrogens is 240 g/mol. The zero-order chi connectivity index (χ0) is 14.0. The zero-order valence-electron chi connectivity index (χ0n) is 12.1. The largest absolute Gasteiger partial charge is 0.314 e. The van der Waals surface area contributed by atoms with Crippen LogP contribution in [0.1, 0.15) is 42.9 Å². The number of nitrogens with one attached hydrogen (secondary N) is 1. The molecule has 0 fully saturated rings. The second kappa shape index (κ2) is 5.44. The smallest absolute Gasteiger partial charge is 0.148 e. The summed E-state index contributed by atoms with van der Waals surface area (Å²) in [6.07, 6.45) is 1.83. The van der Waals surface area contributed by atoms with Crippen molar-refractivity contribution in [3.63, 3.8) is 0 Å². The lowest BCUT2D eigenvalue weighted by Gasteiger charge is -2.12. The maximum atomic E-state index is 4.63. The fraction of sp³-hybridized carbons (Fsp3) is 0.538. The van der Waals surface area contributed by atoms with E-state index in [-0.39, 0.29) is 0 Å². The lowest BCUT2D eigenvalue weighted by Crippen LogP contribution is -2.15. The maximum Gasteiger partial charge on any atom is 0.148 e. The number of hydrogen-bond acceptors (Lipinski definition) is 5. The summed E-state index contributed by atoms with van der Waals surface area (Å²) in [5.41, 5.74) is 1.83. The van der Waals surface area contributed by atoms with Gasteiger partial charge in [0.05, 0.1) is 11.9 Å². The van der Waals surface area contributed by atoms with Crippen LogP contribution >= 0.6 is 0 Å². The summed E-state index contributed by atoms with van der Waals surface area (Å²) in [6.45, 7) is 8.66. The van der Waals surface area contributed by atoms with Crippen LogP contribution in [0.15, 0.2) is 6.20 Å². The molecule has 0 amide bonds. The van der Waals surface area contributed by atoms with Gasteiger partial charge in [-0.25, -0.2) is 19.6 Å². The minimum absolute atomic E-state index is 0.309. The quantitative estimate of drug-likeness (QED) is 0.902. The third-order valence-corrected chi connectivity index (χ3v) is 2.83. The van der Waals surface area contributed by atoms with Crippen molar-refractivity contribution >= 4 is 0 Å². The van der Waals surface area contributed by atoms with Crippen molar-refractivity contribution in [1.29, 1.82) is 0 Å². The van der Waals surface area contributed by atoms with Crippen LogP contribution in [-0.2, 0) is 6.54 Å². The summed E-state index contributed by atoms with van der Waals surface area (Å²) in [4.78, 5) is 13.4. The molecule has 0 saturated carbocycles. The molecule has 2 aromatic heterocycles. The molecule has 2 rings (SSSR count). The van der Waals surface area contributed by atoms with E-state index in [0.29, 0.717) is 12.5 Å². The molecule has 0 aliphatic carbocycles. The Hall–Kier alpha value is -1.82. The van der Waals surface area contributed by atoms with Crippen LogP contribution in [-0.4, -0.2) is 31.8 Å². The van der Waals surface area contributed by atoms with Crippen LogP contribution < -0.4 is 5.32 Å². The molecular formula is C13H20N6. The lowest BCUT2D eigenvalue weighted by atomic mass is 10.2. The van der Waals surface area contributed by atoms with Gasteiger partial charge in [-0.1, -0.05) is 13.8 Å². The third kappa shape index (κ3) is 2.78. The highest BCUT2D eigenvalue weighted by Gasteiger charge is 2.14. The highest BCUT2D eigenvalue weighted by atomic mass is 15.4. The summed E-state index contributed by atoms with van der Waals surface area (Å²) in [6, 6.07) is 0. The first kappa shape index (κ1) is 13.6. The van der Waals surface area contributed by atoms with Gasteiger partial charge in [-0.3, -0.25) is 0 Å². The number of nitrogens with zero attached hydrogens (tertiary/aromatic N) is 5. The molecule has 0 aliphatic heterocycles. The maximum absolute atomic E-state index is 4.63. The van der Waals surface area contributed by atoms with Crippen molar-refractivity contribution < 1.29 is 0 Å². The van der Waals surface area contributed by atoms with Gasteiger partial charge in [-0.05, 0) is 20.9 Å². The molecule has 19 heavy (non-hydrogen) atoms. The summed E-state index contributed by atoms with van der Waals surface area (Å²) >= 11 is 0. The van der Waals surface area contributed by atoms with Crippen LogP contribution in [0.5, 0.6) is 0 Å². The van der Waals surface area contributed by atoms with E-state index in [0.717, 1.165) is 28.9 Å². The Morgan fingerprint density at radius 3 is 2.53 bits per heavy atom. The topological polar surface area (TPSA) is 68.5 Å². The Labute approximate surface area is 113 Å². The highest BCUT2D eigenvalue weighted by molar-refractivity contribution is 5.34. The van der Waals surface area contributed by atoms with E-state index >= 15 is 0 Å². The first-order chi connectivity index (χ1) is 9.02. The van der Waals surface area contributed by atoms with Gasteiger partial charge in [0.2, 0.25) is 0 Å². The average Bonchev–Trinajstić information content (AvgIpc) is 2.68. The van der Waals surface area contributed by atoms with E-state index < -0.39 is 0 Å². The Kier molecular flexibility index (Phi) is 3.90. The van der Waals surface area contributed by atoms with Gasteiger partial charge in [0.25, 0.3) is 0 Å². The van der Waals surface area contributed by atoms with E-state index in [1.165, 1.54) is 0 Å². The van der Waals surface area contributed by atoms with E-state index in [1.54, 1.807) is 4.68 Å². The fourth-order valence-electron chi connectivity index (χ4n) is 1.93. The SMILES string of the molecule is CNCc1nc(C(C)C)ncc1-n1nc(C)nc1C. The van der Waals surface area contributed by atoms with Crippen molar-refractivity contribution in [3.05, 3.63) is 29.4 Å². The Morgan fingerprint density at radius 1 is 1.26 bits per heavy atom. The summed E-state index contributed by atoms with van der Waals surface area (Å²) in [7, 11) is 1.90. The monoisotopic (exact) mass is 260 g/mol. The number of hydrogen-bond donors (Lipinski definition) is 1. The first-order valence-electron chi connectivity index (χ1n) is 6.44. The zero-order valence-corrected chi connectivity index (χ0v) is 12.1. The molecule has 6 heteroatoms. The van der Waals surface area contributed by atoms with E-state index in [1.807, 2.05) is 27.1 Å². The van der Waals surface area contributed by atoms with E-state index in [2.05, 4.69) is 39.2 Å². The van der Waals surface area contributed by atoms with Crippen LogP contribution in [0, 0.1) is 13.8 Å². The van der Waals surface area contributed by atoms with Gasteiger partial charge in [-0.15, -0.1) is 0 Å². The van der Waals surface area contributed by atoms with Crippen molar-refractivity contribution in [2.45, 2.75) is 40.2 Å². The molecule has 1 N–H and O–H groups in total. The minimum atomic E-state index is 0.309. The molecule has 0 bridgehead atoms. The van der Waals surface area contributed by atoms with Crippen molar-refractivity contribution in [3.8, 4) is 5.69 Å². The van der Waals surface area contributed by atoms with Gasteiger partial charge in [0.15, 0.2) is 0 Å². The molecule has 0 unspecified atom stereocenters. The molecule has 0 spiro atoms. The highest BCUT2D eigenvalue weighted by Crippen LogP contribution is 2.16. The summed E-state index contributed by atoms with van der Waals surface area (Å²) in [5.74, 6) is 2.75. The van der Waals surface area contributed by atoms with E-state index in [9.17, 15) is 0 Å². The number of aryl methyl sites for hydroxylation is 2. The minimum Gasteiger partial charge on any atom is -0.314 e. The molecule has 0 radical (unpaired) electrons. The second-order valence-corrected chi connectivity index (χ2v) is 4.86. The Morgan fingerprint density at radius 2 is 2.00 bits per heavy atom. The molecule has 0 atom stereocenters. The molecule has 102 valence electrons. The molecule has 6 nitrogen and oxygen atoms in total. The molecule has 0 aromatic carbocycles. The third-order valence-electron chi connectivity index (χ3n) is 2.83.